The number of benzene rings is 1. The Morgan fingerprint density at radius 1 is 1.21 bits per heavy atom. The Morgan fingerprint density at radius 3 is 2.62 bits per heavy atom. The molecule has 8 nitrogen and oxygen atoms in total. The first-order chi connectivity index (χ1) is 13.9. The van der Waals surface area contributed by atoms with Crippen molar-refractivity contribution in [3.8, 4) is 0 Å². The number of fused-ring (bicyclic) bond motifs is 3. The third-order valence-electron chi connectivity index (χ3n) is 5.91. The van der Waals surface area contributed by atoms with Crippen molar-refractivity contribution in [3.63, 3.8) is 0 Å². The first-order valence-corrected chi connectivity index (χ1v) is 10.9. The molecule has 3 amide bonds. The summed E-state index contributed by atoms with van der Waals surface area (Å²) in [6.45, 7) is 6.99. The second kappa shape index (κ2) is 8.22. The number of hydrogen-bond donors (Lipinski definition) is 1. The molecule has 9 heteroatoms. The first kappa shape index (κ1) is 20.6. The SMILES string of the molecule is CCOCCN1C(=O)C2C(NC3N(c4ccc(Br)cc4)CC(C)CN23)N(C)C1=O. The largest absolute Gasteiger partial charge is 0.380 e. The molecule has 1 aromatic rings. The van der Waals surface area contributed by atoms with E-state index in [1.807, 2.05) is 19.1 Å². The Kier molecular flexibility index (Phi) is 5.83. The minimum absolute atomic E-state index is 0.131. The molecule has 0 radical (unpaired) electrons. The lowest BCUT2D eigenvalue weighted by Gasteiger charge is -2.46. The van der Waals surface area contributed by atoms with Gasteiger partial charge in [0.05, 0.1) is 13.2 Å². The van der Waals surface area contributed by atoms with Crippen LogP contribution < -0.4 is 10.2 Å². The zero-order chi connectivity index (χ0) is 20.7. The van der Waals surface area contributed by atoms with Crippen LogP contribution in [0.4, 0.5) is 10.5 Å². The Morgan fingerprint density at radius 2 is 1.93 bits per heavy atom. The van der Waals surface area contributed by atoms with Crippen LogP contribution >= 0.6 is 15.9 Å². The van der Waals surface area contributed by atoms with Gasteiger partial charge in [-0.25, -0.2) is 4.79 Å². The summed E-state index contributed by atoms with van der Waals surface area (Å²) in [5.41, 5.74) is 1.09. The number of carbonyl (C=O) groups excluding carboxylic acids is 2. The molecule has 0 aromatic heterocycles. The minimum Gasteiger partial charge on any atom is -0.380 e. The summed E-state index contributed by atoms with van der Waals surface area (Å²) in [5.74, 6) is 0.251. The van der Waals surface area contributed by atoms with Gasteiger partial charge in [-0.15, -0.1) is 0 Å². The van der Waals surface area contributed by atoms with Gasteiger partial charge in [-0.1, -0.05) is 22.9 Å². The zero-order valence-corrected chi connectivity index (χ0v) is 18.6. The van der Waals surface area contributed by atoms with E-state index in [0.29, 0.717) is 19.1 Å². The number of anilines is 1. The smallest absolute Gasteiger partial charge is 0.327 e. The van der Waals surface area contributed by atoms with Crippen LogP contribution in [0.2, 0.25) is 0 Å². The molecule has 1 aromatic carbocycles. The number of nitrogens with one attached hydrogen (secondary N) is 1. The van der Waals surface area contributed by atoms with Crippen LogP contribution in [0.1, 0.15) is 13.8 Å². The van der Waals surface area contributed by atoms with Crippen molar-refractivity contribution in [2.45, 2.75) is 32.3 Å². The maximum Gasteiger partial charge on any atom is 0.327 e. The normalized spacial score (nSPS) is 30.0. The van der Waals surface area contributed by atoms with Crippen molar-refractivity contribution in [1.82, 2.24) is 20.0 Å². The van der Waals surface area contributed by atoms with Gasteiger partial charge in [0.1, 0.15) is 18.5 Å². The van der Waals surface area contributed by atoms with Crippen molar-refractivity contribution in [1.29, 1.82) is 0 Å². The van der Waals surface area contributed by atoms with Crippen LogP contribution in [0.15, 0.2) is 28.7 Å². The Hall–Kier alpha value is -1.68. The van der Waals surface area contributed by atoms with E-state index >= 15 is 0 Å². The van der Waals surface area contributed by atoms with Gasteiger partial charge in [0.15, 0.2) is 0 Å². The van der Waals surface area contributed by atoms with Crippen LogP contribution in [-0.4, -0.2) is 85.0 Å². The van der Waals surface area contributed by atoms with Gasteiger partial charge in [0.25, 0.3) is 5.91 Å². The van der Waals surface area contributed by atoms with E-state index in [9.17, 15) is 9.59 Å². The molecule has 1 N–H and O–H groups in total. The Bertz CT molecular complexity index is 776. The highest BCUT2D eigenvalue weighted by Crippen LogP contribution is 2.34. The van der Waals surface area contributed by atoms with Crippen molar-refractivity contribution in [2.24, 2.45) is 5.92 Å². The van der Waals surface area contributed by atoms with Crippen LogP contribution in [0, 0.1) is 5.92 Å². The Balaban J connectivity index is 1.61. The average molecular weight is 466 g/mol. The molecule has 3 aliphatic rings. The van der Waals surface area contributed by atoms with E-state index in [1.165, 1.54) is 4.90 Å². The second-order valence-corrected chi connectivity index (χ2v) is 8.86. The van der Waals surface area contributed by atoms with Crippen LogP contribution in [0.3, 0.4) is 0 Å². The third kappa shape index (κ3) is 3.65. The van der Waals surface area contributed by atoms with E-state index in [2.05, 4.69) is 50.1 Å². The summed E-state index contributed by atoms with van der Waals surface area (Å²) in [4.78, 5) is 33.6. The highest BCUT2D eigenvalue weighted by Gasteiger charge is 2.56. The molecular weight excluding hydrogens is 438 g/mol. The van der Waals surface area contributed by atoms with Crippen molar-refractivity contribution >= 4 is 33.6 Å². The third-order valence-corrected chi connectivity index (χ3v) is 6.44. The molecular formula is C20H28BrN5O3. The zero-order valence-electron chi connectivity index (χ0n) is 17.0. The van der Waals surface area contributed by atoms with E-state index in [1.54, 1.807) is 11.9 Å². The molecule has 0 saturated carbocycles. The first-order valence-electron chi connectivity index (χ1n) is 10.1. The molecule has 4 unspecified atom stereocenters. The molecule has 29 heavy (non-hydrogen) atoms. The summed E-state index contributed by atoms with van der Waals surface area (Å²) in [6, 6.07) is 7.54. The second-order valence-electron chi connectivity index (χ2n) is 7.94. The number of imide groups is 1. The molecule has 0 bridgehead atoms. The van der Waals surface area contributed by atoms with Crippen molar-refractivity contribution in [3.05, 3.63) is 28.7 Å². The molecule has 4 rings (SSSR count). The van der Waals surface area contributed by atoms with Gasteiger partial charge in [0.2, 0.25) is 0 Å². The van der Waals surface area contributed by atoms with Gasteiger partial charge in [-0.05, 0) is 37.1 Å². The number of amides is 3. The number of urea groups is 1. The fourth-order valence-corrected chi connectivity index (χ4v) is 4.82. The van der Waals surface area contributed by atoms with E-state index in [0.717, 1.165) is 23.2 Å². The van der Waals surface area contributed by atoms with E-state index in [4.69, 9.17) is 4.74 Å². The molecule has 0 aliphatic carbocycles. The molecule has 4 atom stereocenters. The van der Waals surface area contributed by atoms with Gasteiger partial charge < -0.3 is 14.5 Å². The van der Waals surface area contributed by atoms with Crippen LogP contribution in [0.5, 0.6) is 0 Å². The fourth-order valence-electron chi connectivity index (χ4n) is 4.56. The molecule has 158 valence electrons. The summed E-state index contributed by atoms with van der Waals surface area (Å²) < 4.78 is 6.41. The summed E-state index contributed by atoms with van der Waals surface area (Å²) in [5, 5.41) is 3.54. The maximum atomic E-state index is 13.3. The summed E-state index contributed by atoms with van der Waals surface area (Å²) in [6.07, 6.45) is -0.472. The number of nitrogens with zero attached hydrogens (tertiary/aromatic N) is 4. The molecule has 3 fully saturated rings. The van der Waals surface area contributed by atoms with Gasteiger partial charge >= 0.3 is 6.03 Å². The number of ether oxygens (including phenoxy) is 1. The monoisotopic (exact) mass is 465 g/mol. The molecule has 3 aliphatic heterocycles. The van der Waals surface area contributed by atoms with Gasteiger partial charge in [-0.2, -0.15) is 0 Å². The number of rotatable bonds is 5. The van der Waals surface area contributed by atoms with E-state index < -0.39 is 6.04 Å². The average Bonchev–Trinajstić information content (AvgIpc) is 3.08. The molecule has 0 spiro atoms. The number of hydrogen-bond acceptors (Lipinski definition) is 6. The highest BCUT2D eigenvalue weighted by molar-refractivity contribution is 9.10. The van der Waals surface area contributed by atoms with Crippen LogP contribution in [0.25, 0.3) is 0 Å². The lowest BCUT2D eigenvalue weighted by atomic mass is 10.0. The van der Waals surface area contributed by atoms with Crippen LogP contribution in [-0.2, 0) is 9.53 Å². The standard InChI is InChI=1S/C20H28BrN5O3/c1-4-29-10-9-24-18(27)16-17(23(3)20(24)28)22-19-25(11-13(2)12-26(16)19)15-7-5-14(21)6-8-15/h5-8,13,16-17,19,22H,4,9-12H2,1-3H3. The summed E-state index contributed by atoms with van der Waals surface area (Å²) in [7, 11) is 1.76. The number of halogens is 1. The predicted molar refractivity (Wildman–Crippen MR) is 113 cm³/mol. The van der Waals surface area contributed by atoms with Gasteiger partial charge in [0, 0.05) is 36.9 Å². The fraction of sp³-hybridized carbons (Fsp3) is 0.600. The highest BCUT2D eigenvalue weighted by atomic mass is 79.9. The molecule has 3 heterocycles. The summed E-state index contributed by atoms with van der Waals surface area (Å²) >= 11 is 3.49. The Labute approximate surface area is 179 Å². The molecule has 3 saturated heterocycles. The topological polar surface area (TPSA) is 68.4 Å². The predicted octanol–water partition coefficient (Wildman–Crippen LogP) is 1.72. The van der Waals surface area contributed by atoms with Gasteiger partial charge in [-0.3, -0.25) is 19.9 Å². The quantitative estimate of drug-likeness (QED) is 0.667. The lowest BCUT2D eigenvalue weighted by molar-refractivity contribution is -0.139. The lowest BCUT2D eigenvalue weighted by Crippen LogP contribution is -2.67. The number of likely N-dealkylation sites (N-methyl/N-ethyl adjacent to an activating group) is 1. The van der Waals surface area contributed by atoms with Crippen molar-refractivity contribution in [2.75, 3.05) is 44.8 Å². The van der Waals surface area contributed by atoms with Crippen molar-refractivity contribution < 1.29 is 14.3 Å². The van der Waals surface area contributed by atoms with E-state index in [-0.39, 0.29) is 30.9 Å². The minimum atomic E-state index is -0.398. The maximum absolute atomic E-state index is 13.3. The number of carbonyl (C=O) groups is 2.